The van der Waals surface area contributed by atoms with Gasteiger partial charge in [-0.15, -0.1) is 0 Å². The number of phenolic OH excluding ortho intramolecular Hbond substituents is 1. The predicted molar refractivity (Wildman–Crippen MR) is 77.2 cm³/mol. The summed E-state index contributed by atoms with van der Waals surface area (Å²) in [4.78, 5) is 11.8. The molecule has 0 saturated heterocycles. The SMILES string of the molecule is CC(CN)NC(=O)Cc1ccc(O)c(C(C)(C)C)c1. The molecule has 1 amide bonds. The maximum atomic E-state index is 11.8. The number of nitrogens with two attached hydrogens (primary N) is 1. The van der Waals surface area contributed by atoms with Crippen LogP contribution in [0, 0.1) is 0 Å². The normalized spacial score (nSPS) is 13.1. The van der Waals surface area contributed by atoms with Gasteiger partial charge in [-0.1, -0.05) is 32.9 Å². The van der Waals surface area contributed by atoms with E-state index >= 15 is 0 Å². The molecule has 0 saturated carbocycles. The van der Waals surface area contributed by atoms with Crippen molar-refractivity contribution in [2.24, 2.45) is 5.73 Å². The fraction of sp³-hybridized carbons (Fsp3) is 0.533. The van der Waals surface area contributed by atoms with Gasteiger partial charge in [-0.2, -0.15) is 0 Å². The van der Waals surface area contributed by atoms with E-state index in [2.05, 4.69) is 5.32 Å². The Kier molecular flexibility index (Phi) is 4.95. The number of nitrogens with one attached hydrogen (secondary N) is 1. The second-order valence-corrected chi connectivity index (χ2v) is 5.98. The Balaban J connectivity index is 2.83. The van der Waals surface area contributed by atoms with Gasteiger partial charge in [0.05, 0.1) is 6.42 Å². The van der Waals surface area contributed by atoms with Gasteiger partial charge in [0, 0.05) is 12.6 Å². The largest absolute Gasteiger partial charge is 0.508 e. The quantitative estimate of drug-likeness (QED) is 0.774. The average molecular weight is 264 g/mol. The van der Waals surface area contributed by atoms with Gasteiger partial charge in [0.2, 0.25) is 5.91 Å². The molecule has 0 aromatic heterocycles. The van der Waals surface area contributed by atoms with Crippen molar-refractivity contribution in [2.75, 3.05) is 6.54 Å². The maximum absolute atomic E-state index is 11.8. The van der Waals surface area contributed by atoms with Gasteiger partial charge < -0.3 is 16.2 Å². The van der Waals surface area contributed by atoms with Crippen molar-refractivity contribution < 1.29 is 9.90 Å². The topological polar surface area (TPSA) is 75.3 Å². The molecule has 4 N–H and O–H groups in total. The van der Waals surface area contributed by atoms with E-state index in [1.807, 2.05) is 33.8 Å². The Morgan fingerprint density at radius 1 is 1.42 bits per heavy atom. The predicted octanol–water partition coefficient (Wildman–Crippen LogP) is 1.70. The Bertz CT molecular complexity index is 450. The van der Waals surface area contributed by atoms with Gasteiger partial charge >= 0.3 is 0 Å². The highest BCUT2D eigenvalue weighted by molar-refractivity contribution is 5.79. The molecule has 1 aromatic carbocycles. The molecule has 0 radical (unpaired) electrons. The molecule has 4 heteroatoms. The van der Waals surface area contributed by atoms with Gasteiger partial charge in [0.25, 0.3) is 0 Å². The maximum Gasteiger partial charge on any atom is 0.224 e. The lowest BCUT2D eigenvalue weighted by Crippen LogP contribution is -2.38. The molecular weight excluding hydrogens is 240 g/mol. The van der Waals surface area contributed by atoms with Crippen LogP contribution in [0.3, 0.4) is 0 Å². The van der Waals surface area contributed by atoms with Crippen LogP contribution in [0.1, 0.15) is 38.8 Å². The van der Waals surface area contributed by atoms with Crippen molar-refractivity contribution in [1.82, 2.24) is 5.32 Å². The molecule has 0 fully saturated rings. The molecule has 0 spiro atoms. The van der Waals surface area contributed by atoms with E-state index in [1.165, 1.54) is 0 Å². The molecule has 0 heterocycles. The summed E-state index contributed by atoms with van der Waals surface area (Å²) < 4.78 is 0. The average Bonchev–Trinajstić information content (AvgIpc) is 2.29. The van der Waals surface area contributed by atoms with Gasteiger partial charge in [0.15, 0.2) is 0 Å². The minimum atomic E-state index is -0.152. The fourth-order valence-corrected chi connectivity index (χ4v) is 1.86. The number of carbonyl (C=O) groups excluding carboxylic acids is 1. The van der Waals surface area contributed by atoms with Crippen molar-refractivity contribution in [3.8, 4) is 5.75 Å². The highest BCUT2D eigenvalue weighted by Crippen LogP contribution is 2.31. The lowest BCUT2D eigenvalue weighted by atomic mass is 9.85. The van der Waals surface area contributed by atoms with Gasteiger partial charge in [0.1, 0.15) is 5.75 Å². The number of rotatable bonds is 4. The molecule has 0 aliphatic carbocycles. The van der Waals surface area contributed by atoms with Gasteiger partial charge in [-0.3, -0.25) is 4.79 Å². The van der Waals surface area contributed by atoms with Crippen LogP contribution in [0.5, 0.6) is 5.75 Å². The summed E-state index contributed by atoms with van der Waals surface area (Å²) in [6.07, 6.45) is 0.299. The van der Waals surface area contributed by atoms with E-state index in [0.29, 0.717) is 13.0 Å². The third kappa shape index (κ3) is 4.56. The van der Waals surface area contributed by atoms with E-state index in [-0.39, 0.29) is 23.1 Å². The first-order valence-electron chi connectivity index (χ1n) is 6.56. The molecule has 1 aromatic rings. The third-order valence-electron chi connectivity index (χ3n) is 2.99. The summed E-state index contributed by atoms with van der Waals surface area (Å²) >= 11 is 0. The number of aromatic hydroxyl groups is 1. The molecule has 19 heavy (non-hydrogen) atoms. The van der Waals surface area contributed by atoms with E-state index in [9.17, 15) is 9.90 Å². The Hall–Kier alpha value is -1.55. The number of hydrogen-bond donors (Lipinski definition) is 3. The first kappa shape index (κ1) is 15.5. The molecule has 1 unspecified atom stereocenters. The molecule has 0 aliphatic heterocycles. The minimum absolute atomic E-state index is 0.0216. The second-order valence-electron chi connectivity index (χ2n) is 5.98. The lowest BCUT2D eigenvalue weighted by Gasteiger charge is -2.21. The van der Waals surface area contributed by atoms with Crippen LogP contribution in [-0.2, 0) is 16.6 Å². The zero-order chi connectivity index (χ0) is 14.6. The summed E-state index contributed by atoms with van der Waals surface area (Å²) in [6, 6.07) is 5.29. The number of amides is 1. The molecule has 0 aliphatic rings. The van der Waals surface area contributed by atoms with Crippen molar-refractivity contribution in [3.05, 3.63) is 29.3 Å². The standard InChI is InChI=1S/C15H24N2O2/c1-10(9-16)17-14(19)8-11-5-6-13(18)12(7-11)15(2,3)4/h5-7,10,18H,8-9,16H2,1-4H3,(H,17,19). The van der Waals surface area contributed by atoms with Crippen molar-refractivity contribution in [1.29, 1.82) is 0 Å². The molecule has 1 rings (SSSR count). The highest BCUT2D eigenvalue weighted by atomic mass is 16.3. The number of phenols is 1. The van der Waals surface area contributed by atoms with Gasteiger partial charge in [-0.05, 0) is 29.5 Å². The van der Waals surface area contributed by atoms with E-state index < -0.39 is 0 Å². The molecule has 0 bridgehead atoms. The molecule has 4 nitrogen and oxygen atoms in total. The minimum Gasteiger partial charge on any atom is -0.508 e. The summed E-state index contributed by atoms with van der Waals surface area (Å²) in [5.74, 6) is 0.218. The Morgan fingerprint density at radius 2 is 2.05 bits per heavy atom. The van der Waals surface area contributed by atoms with E-state index in [1.54, 1.807) is 12.1 Å². The molecule has 1 atom stereocenters. The van der Waals surface area contributed by atoms with Crippen LogP contribution in [0.4, 0.5) is 0 Å². The Morgan fingerprint density at radius 3 is 2.58 bits per heavy atom. The second kappa shape index (κ2) is 6.06. The smallest absolute Gasteiger partial charge is 0.224 e. The van der Waals surface area contributed by atoms with Crippen molar-refractivity contribution >= 4 is 5.91 Å². The molecular formula is C15H24N2O2. The monoisotopic (exact) mass is 264 g/mol. The zero-order valence-electron chi connectivity index (χ0n) is 12.2. The Labute approximate surface area is 115 Å². The fourth-order valence-electron chi connectivity index (χ4n) is 1.86. The van der Waals surface area contributed by atoms with Crippen LogP contribution in [0.25, 0.3) is 0 Å². The van der Waals surface area contributed by atoms with Crippen LogP contribution in [-0.4, -0.2) is 23.6 Å². The van der Waals surface area contributed by atoms with E-state index in [4.69, 9.17) is 5.73 Å². The van der Waals surface area contributed by atoms with Crippen LogP contribution >= 0.6 is 0 Å². The molecule has 106 valence electrons. The first-order chi connectivity index (χ1) is 8.74. The zero-order valence-corrected chi connectivity index (χ0v) is 12.2. The first-order valence-corrected chi connectivity index (χ1v) is 6.56. The van der Waals surface area contributed by atoms with Gasteiger partial charge in [-0.25, -0.2) is 0 Å². The highest BCUT2D eigenvalue weighted by Gasteiger charge is 2.19. The van der Waals surface area contributed by atoms with Crippen LogP contribution < -0.4 is 11.1 Å². The van der Waals surface area contributed by atoms with Crippen molar-refractivity contribution in [2.45, 2.75) is 45.6 Å². The summed E-state index contributed by atoms with van der Waals surface area (Å²) in [5, 5.41) is 12.7. The summed E-state index contributed by atoms with van der Waals surface area (Å²) in [5.41, 5.74) is 7.06. The number of carbonyl (C=O) groups is 1. The van der Waals surface area contributed by atoms with Crippen LogP contribution in [0.2, 0.25) is 0 Å². The number of hydrogen-bond acceptors (Lipinski definition) is 3. The van der Waals surface area contributed by atoms with Crippen molar-refractivity contribution in [3.63, 3.8) is 0 Å². The van der Waals surface area contributed by atoms with E-state index in [0.717, 1.165) is 11.1 Å². The lowest BCUT2D eigenvalue weighted by molar-refractivity contribution is -0.120. The van der Waals surface area contributed by atoms with Crippen LogP contribution in [0.15, 0.2) is 18.2 Å². The summed E-state index contributed by atoms with van der Waals surface area (Å²) in [6.45, 7) is 8.39. The summed E-state index contributed by atoms with van der Waals surface area (Å²) in [7, 11) is 0. The number of benzene rings is 1. The third-order valence-corrected chi connectivity index (χ3v) is 2.99.